The highest BCUT2D eigenvalue weighted by molar-refractivity contribution is 5.82. The number of rotatable bonds is 0. The molecule has 0 bridgehead atoms. The highest BCUT2D eigenvalue weighted by atomic mass is 13.9. The number of fused-ring (bicyclic) bond motifs is 1. The zero-order valence-corrected chi connectivity index (χ0v) is 6.12. The smallest absolute Gasteiger partial charge is 0.0280 e. The molecule has 0 nitrogen and oxygen atoms in total. The average molecular weight is 144 g/mol. The maximum absolute atomic E-state index is 7.26. The summed E-state index contributed by atoms with van der Waals surface area (Å²) in [6.45, 7) is -0.885. The molecule has 11 heavy (non-hydrogen) atoms. The molecule has 0 aliphatic heterocycles. The van der Waals surface area contributed by atoms with Crippen LogP contribution in [0.5, 0.6) is 0 Å². The van der Waals surface area contributed by atoms with E-state index >= 15 is 0 Å². The second kappa shape index (κ2) is 2.39. The van der Waals surface area contributed by atoms with Gasteiger partial charge in [-0.2, -0.15) is 0 Å². The fraction of sp³-hybridized carbons (Fsp3) is 0.0909. The van der Waals surface area contributed by atoms with Crippen molar-refractivity contribution in [3.05, 3.63) is 48.0 Å². The molecule has 2 aromatic carbocycles. The molecule has 0 unspecified atom stereocenters. The molecule has 2 rings (SSSR count). The van der Waals surface area contributed by atoms with E-state index in [0.29, 0.717) is 0 Å². The van der Waals surface area contributed by atoms with Crippen LogP contribution in [0.3, 0.4) is 0 Å². The third kappa shape index (κ3) is 1.12. The SMILES string of the molecule is [2H]C([2H])c1ccc2ccccc2c1. The number of benzene rings is 2. The zero-order chi connectivity index (χ0) is 9.26. The van der Waals surface area contributed by atoms with E-state index in [1.807, 2.05) is 42.5 Å². The summed E-state index contributed by atoms with van der Waals surface area (Å²) in [5.41, 5.74) is 0.749. The van der Waals surface area contributed by atoms with E-state index in [0.717, 1.165) is 16.3 Å². The highest BCUT2D eigenvalue weighted by Gasteiger charge is 1.89. The normalized spacial score (nSPS) is 13.2. The molecule has 0 amide bonds. The van der Waals surface area contributed by atoms with E-state index in [9.17, 15) is 0 Å². The molecule has 0 spiro atoms. The van der Waals surface area contributed by atoms with Gasteiger partial charge in [0.2, 0.25) is 0 Å². The maximum atomic E-state index is 7.26. The minimum absolute atomic E-state index is 0.749. The predicted molar refractivity (Wildman–Crippen MR) is 48.7 cm³/mol. The van der Waals surface area contributed by atoms with Crippen molar-refractivity contribution < 1.29 is 2.74 Å². The molecule has 0 heteroatoms. The Hall–Kier alpha value is -1.30. The molecule has 0 atom stereocenters. The second-order valence-electron chi connectivity index (χ2n) is 2.61. The summed E-state index contributed by atoms with van der Waals surface area (Å²) < 4.78 is 14.5. The summed E-state index contributed by atoms with van der Waals surface area (Å²) in [6, 6.07) is 13.7. The first-order valence-electron chi connectivity index (χ1n) is 4.76. The molecular formula is C11H10. The molecule has 0 fully saturated rings. The van der Waals surface area contributed by atoms with Crippen LogP contribution in [0.15, 0.2) is 42.5 Å². The lowest BCUT2D eigenvalue weighted by atomic mass is 10.1. The molecular weight excluding hydrogens is 132 g/mol. The van der Waals surface area contributed by atoms with Gasteiger partial charge in [-0.15, -0.1) is 0 Å². The lowest BCUT2D eigenvalue weighted by Gasteiger charge is -1.96. The van der Waals surface area contributed by atoms with E-state index in [1.165, 1.54) is 0 Å². The van der Waals surface area contributed by atoms with Crippen LogP contribution in [0.2, 0.25) is 0 Å². The van der Waals surface area contributed by atoms with Gasteiger partial charge in [0.15, 0.2) is 0 Å². The summed E-state index contributed by atoms with van der Waals surface area (Å²) in [5.74, 6) is 0. The molecule has 54 valence electrons. The molecule has 0 saturated heterocycles. The third-order valence-electron chi connectivity index (χ3n) is 1.77. The van der Waals surface area contributed by atoms with Gasteiger partial charge in [-0.25, -0.2) is 0 Å². The summed E-state index contributed by atoms with van der Waals surface area (Å²) in [5, 5.41) is 2.26. The van der Waals surface area contributed by atoms with Gasteiger partial charge in [0.1, 0.15) is 0 Å². The van der Waals surface area contributed by atoms with Crippen molar-refractivity contribution in [2.75, 3.05) is 0 Å². The van der Waals surface area contributed by atoms with Crippen LogP contribution in [0.25, 0.3) is 10.8 Å². The molecule has 2 aromatic rings. The van der Waals surface area contributed by atoms with Gasteiger partial charge in [0.05, 0.1) is 0 Å². The molecule has 0 aliphatic rings. The Morgan fingerprint density at radius 2 is 1.82 bits per heavy atom. The van der Waals surface area contributed by atoms with Gasteiger partial charge < -0.3 is 0 Å². The Morgan fingerprint density at radius 3 is 2.64 bits per heavy atom. The Kier molecular flexibility index (Phi) is 0.988. The fourth-order valence-electron chi connectivity index (χ4n) is 1.21. The van der Waals surface area contributed by atoms with Crippen LogP contribution in [-0.2, 0) is 0 Å². The molecule has 0 N–H and O–H groups in total. The van der Waals surface area contributed by atoms with Crippen molar-refractivity contribution >= 4 is 10.8 Å². The van der Waals surface area contributed by atoms with Crippen LogP contribution in [0, 0.1) is 6.88 Å². The summed E-state index contributed by atoms with van der Waals surface area (Å²) in [6.07, 6.45) is 0. The number of hydrogen-bond donors (Lipinski definition) is 0. The van der Waals surface area contributed by atoms with Crippen LogP contribution in [0.1, 0.15) is 8.30 Å². The van der Waals surface area contributed by atoms with Crippen molar-refractivity contribution in [3.8, 4) is 0 Å². The minimum Gasteiger partial charge on any atom is -0.0616 e. The van der Waals surface area contributed by atoms with Crippen molar-refractivity contribution in [1.29, 1.82) is 0 Å². The molecule has 0 aliphatic carbocycles. The van der Waals surface area contributed by atoms with Crippen molar-refractivity contribution in [1.82, 2.24) is 0 Å². The first-order chi connectivity index (χ1) is 6.27. The lowest BCUT2D eigenvalue weighted by Crippen LogP contribution is -1.73. The fourth-order valence-corrected chi connectivity index (χ4v) is 1.21. The second-order valence-corrected chi connectivity index (χ2v) is 2.61. The number of aryl methyl sites for hydroxylation is 1. The Balaban J connectivity index is 2.62. The first-order valence-corrected chi connectivity index (χ1v) is 3.60. The Labute approximate surface area is 69.3 Å². The molecule has 0 heterocycles. The van der Waals surface area contributed by atoms with Crippen LogP contribution < -0.4 is 0 Å². The molecule has 0 aromatic heterocycles. The minimum atomic E-state index is -0.885. The summed E-state index contributed by atoms with van der Waals surface area (Å²) >= 11 is 0. The topological polar surface area (TPSA) is 0 Å². The van der Waals surface area contributed by atoms with Gasteiger partial charge in [-0.3, -0.25) is 0 Å². The van der Waals surface area contributed by atoms with Crippen molar-refractivity contribution in [2.45, 2.75) is 6.88 Å². The third-order valence-corrected chi connectivity index (χ3v) is 1.77. The first kappa shape index (κ1) is 4.55. The average Bonchev–Trinajstić information content (AvgIpc) is 2.17. The standard InChI is InChI=1S/C11H10/c1-9-6-7-10-4-2-3-5-11(10)8-9/h2-8H,1H3/i1D2. The van der Waals surface area contributed by atoms with Gasteiger partial charge in [-0.1, -0.05) is 48.0 Å². The van der Waals surface area contributed by atoms with E-state index in [1.54, 1.807) is 0 Å². The summed E-state index contributed by atoms with van der Waals surface area (Å²) in [7, 11) is 0. The number of hydrogen-bond acceptors (Lipinski definition) is 0. The van der Waals surface area contributed by atoms with Gasteiger partial charge >= 0.3 is 0 Å². The molecule has 0 saturated carbocycles. The van der Waals surface area contributed by atoms with Crippen LogP contribution in [-0.4, -0.2) is 0 Å². The van der Waals surface area contributed by atoms with E-state index in [2.05, 4.69) is 0 Å². The quantitative estimate of drug-likeness (QED) is 0.532. The van der Waals surface area contributed by atoms with Gasteiger partial charge in [0.25, 0.3) is 0 Å². The highest BCUT2D eigenvalue weighted by Crippen LogP contribution is 2.14. The largest absolute Gasteiger partial charge is 0.0616 e. The van der Waals surface area contributed by atoms with Crippen LogP contribution in [0.4, 0.5) is 0 Å². The summed E-state index contributed by atoms with van der Waals surface area (Å²) in [4.78, 5) is 0. The van der Waals surface area contributed by atoms with E-state index in [-0.39, 0.29) is 0 Å². The van der Waals surface area contributed by atoms with Crippen molar-refractivity contribution in [3.63, 3.8) is 0 Å². The molecule has 0 radical (unpaired) electrons. The lowest BCUT2D eigenvalue weighted by molar-refractivity contribution is 1.51. The monoisotopic (exact) mass is 144 g/mol. The maximum Gasteiger partial charge on any atom is 0.0280 e. The Morgan fingerprint density at radius 1 is 1.00 bits per heavy atom. The van der Waals surface area contributed by atoms with E-state index in [4.69, 9.17) is 2.74 Å². The van der Waals surface area contributed by atoms with Gasteiger partial charge in [-0.05, 0) is 17.6 Å². The van der Waals surface area contributed by atoms with Gasteiger partial charge in [0, 0.05) is 2.74 Å². The predicted octanol–water partition coefficient (Wildman–Crippen LogP) is 3.15. The Bertz CT molecular complexity index is 421. The van der Waals surface area contributed by atoms with Crippen molar-refractivity contribution in [2.24, 2.45) is 0 Å². The van der Waals surface area contributed by atoms with E-state index < -0.39 is 6.88 Å². The van der Waals surface area contributed by atoms with Crippen LogP contribution >= 0.6 is 0 Å². The zero-order valence-electron chi connectivity index (χ0n) is 8.12.